The normalized spacial score (nSPS) is 17.5. The minimum Gasteiger partial charge on any atom is -0.507 e. The van der Waals surface area contributed by atoms with Crippen molar-refractivity contribution >= 4 is 5.90 Å². The maximum absolute atomic E-state index is 9.75. The fraction of sp³-hybridized carbons (Fsp3) is 0.133. The van der Waals surface area contributed by atoms with Gasteiger partial charge in [0.2, 0.25) is 0 Å². The smallest absolute Gasteiger partial charge is 0.297 e. The van der Waals surface area contributed by atoms with Crippen molar-refractivity contribution in [3.63, 3.8) is 0 Å². The SMILES string of the molecule is Cc1ccc(C2=NOC(c3ccccc3O)O2)cc1. The van der Waals surface area contributed by atoms with Crippen molar-refractivity contribution in [2.24, 2.45) is 5.16 Å². The molecule has 0 fully saturated rings. The molecule has 0 amide bonds. The molecule has 19 heavy (non-hydrogen) atoms. The highest BCUT2D eigenvalue weighted by atomic mass is 16.8. The Morgan fingerprint density at radius 1 is 1.05 bits per heavy atom. The number of rotatable bonds is 2. The Balaban J connectivity index is 1.80. The molecule has 4 heteroatoms. The lowest BCUT2D eigenvalue weighted by molar-refractivity contribution is -0.0511. The highest BCUT2D eigenvalue weighted by molar-refractivity contribution is 5.94. The number of ether oxygens (including phenoxy) is 1. The first-order valence-electron chi connectivity index (χ1n) is 5.99. The number of aryl methyl sites for hydroxylation is 1. The van der Waals surface area contributed by atoms with Crippen molar-refractivity contribution in [1.82, 2.24) is 0 Å². The Bertz CT molecular complexity index is 620. The van der Waals surface area contributed by atoms with Crippen LogP contribution in [0.5, 0.6) is 5.75 Å². The van der Waals surface area contributed by atoms with E-state index in [1.54, 1.807) is 18.2 Å². The van der Waals surface area contributed by atoms with Crippen LogP contribution in [0.3, 0.4) is 0 Å². The summed E-state index contributed by atoms with van der Waals surface area (Å²) in [6, 6.07) is 14.7. The van der Waals surface area contributed by atoms with Crippen LogP contribution in [0.25, 0.3) is 0 Å². The number of aromatic hydroxyl groups is 1. The van der Waals surface area contributed by atoms with E-state index in [0.29, 0.717) is 11.5 Å². The maximum atomic E-state index is 9.75. The monoisotopic (exact) mass is 255 g/mol. The maximum Gasteiger partial charge on any atom is 0.297 e. The van der Waals surface area contributed by atoms with Crippen molar-refractivity contribution in [3.8, 4) is 5.75 Å². The fourth-order valence-corrected chi connectivity index (χ4v) is 1.86. The Hall–Kier alpha value is -2.49. The summed E-state index contributed by atoms with van der Waals surface area (Å²) in [6.45, 7) is 2.02. The Morgan fingerprint density at radius 3 is 2.53 bits per heavy atom. The number of phenolic OH excluding ortho intramolecular Hbond substituents is 1. The third-order valence-electron chi connectivity index (χ3n) is 2.94. The molecule has 4 nitrogen and oxygen atoms in total. The number of oxime groups is 1. The van der Waals surface area contributed by atoms with E-state index in [1.807, 2.05) is 37.3 Å². The zero-order valence-electron chi connectivity index (χ0n) is 10.4. The van der Waals surface area contributed by atoms with Gasteiger partial charge in [0.25, 0.3) is 12.2 Å². The lowest BCUT2D eigenvalue weighted by Gasteiger charge is -2.10. The first kappa shape index (κ1) is 11.6. The van der Waals surface area contributed by atoms with E-state index in [1.165, 1.54) is 5.56 Å². The third-order valence-corrected chi connectivity index (χ3v) is 2.94. The van der Waals surface area contributed by atoms with Crippen LogP contribution < -0.4 is 0 Å². The molecule has 0 aromatic heterocycles. The molecule has 0 radical (unpaired) electrons. The number of para-hydroxylation sites is 1. The topological polar surface area (TPSA) is 51.0 Å². The van der Waals surface area contributed by atoms with E-state index in [4.69, 9.17) is 9.57 Å². The van der Waals surface area contributed by atoms with Crippen LogP contribution in [0.4, 0.5) is 0 Å². The van der Waals surface area contributed by atoms with E-state index in [9.17, 15) is 5.11 Å². The molecule has 2 aromatic carbocycles. The number of hydrogen-bond acceptors (Lipinski definition) is 4. The van der Waals surface area contributed by atoms with Gasteiger partial charge in [-0.05, 0) is 36.3 Å². The molecule has 1 unspecified atom stereocenters. The van der Waals surface area contributed by atoms with Crippen molar-refractivity contribution in [2.75, 3.05) is 0 Å². The molecule has 0 spiro atoms. The van der Waals surface area contributed by atoms with Crippen LogP contribution in [0, 0.1) is 6.92 Å². The molecule has 0 aliphatic carbocycles. The molecule has 2 aromatic rings. The summed E-state index contributed by atoms with van der Waals surface area (Å²) in [5, 5.41) is 13.7. The molecule has 1 N–H and O–H groups in total. The number of hydrogen-bond donors (Lipinski definition) is 1. The minimum absolute atomic E-state index is 0.132. The van der Waals surface area contributed by atoms with Crippen LogP contribution in [0.15, 0.2) is 53.7 Å². The summed E-state index contributed by atoms with van der Waals surface area (Å²) in [4.78, 5) is 5.22. The quantitative estimate of drug-likeness (QED) is 0.897. The van der Waals surface area contributed by atoms with Gasteiger partial charge in [-0.1, -0.05) is 29.8 Å². The number of benzene rings is 2. The lowest BCUT2D eigenvalue weighted by atomic mass is 10.1. The molecule has 1 heterocycles. The van der Waals surface area contributed by atoms with Gasteiger partial charge in [0.1, 0.15) is 5.75 Å². The average molecular weight is 255 g/mol. The van der Waals surface area contributed by atoms with Crippen molar-refractivity contribution < 1.29 is 14.7 Å². The summed E-state index contributed by atoms with van der Waals surface area (Å²) in [5.74, 6) is 0.557. The lowest BCUT2D eigenvalue weighted by Crippen LogP contribution is -2.05. The van der Waals surface area contributed by atoms with Gasteiger partial charge in [-0.25, -0.2) is 0 Å². The largest absolute Gasteiger partial charge is 0.507 e. The first-order valence-corrected chi connectivity index (χ1v) is 5.99. The highest BCUT2D eigenvalue weighted by Gasteiger charge is 2.26. The van der Waals surface area contributed by atoms with Gasteiger partial charge in [-0.3, -0.25) is 0 Å². The predicted molar refractivity (Wildman–Crippen MR) is 70.7 cm³/mol. The van der Waals surface area contributed by atoms with Crippen molar-refractivity contribution in [3.05, 3.63) is 65.2 Å². The van der Waals surface area contributed by atoms with Crippen molar-refractivity contribution in [1.29, 1.82) is 0 Å². The summed E-state index contributed by atoms with van der Waals surface area (Å²) in [6.07, 6.45) is -0.697. The zero-order valence-corrected chi connectivity index (χ0v) is 10.4. The average Bonchev–Trinajstić information content (AvgIpc) is 2.89. The molecule has 0 saturated carbocycles. The van der Waals surface area contributed by atoms with Crippen LogP contribution in [-0.4, -0.2) is 11.0 Å². The predicted octanol–water partition coefficient (Wildman–Crippen LogP) is 3.11. The van der Waals surface area contributed by atoms with Gasteiger partial charge in [0.05, 0.1) is 5.56 Å². The van der Waals surface area contributed by atoms with E-state index in [-0.39, 0.29) is 5.75 Å². The molecular weight excluding hydrogens is 242 g/mol. The summed E-state index contributed by atoms with van der Waals surface area (Å²) >= 11 is 0. The Labute approximate surface area is 110 Å². The minimum atomic E-state index is -0.697. The zero-order chi connectivity index (χ0) is 13.2. The summed E-state index contributed by atoms with van der Waals surface area (Å²) in [7, 11) is 0. The van der Waals surface area contributed by atoms with E-state index in [2.05, 4.69) is 5.16 Å². The standard InChI is InChI=1S/C15H13NO3/c1-10-6-8-11(9-7-10)14-16-19-15(18-14)12-4-2-3-5-13(12)17/h2-9,15,17H,1H3. The molecule has 96 valence electrons. The van der Waals surface area contributed by atoms with Crippen LogP contribution in [0.2, 0.25) is 0 Å². The molecular formula is C15H13NO3. The molecule has 1 atom stereocenters. The second-order valence-electron chi connectivity index (χ2n) is 4.38. The second-order valence-corrected chi connectivity index (χ2v) is 4.38. The summed E-state index contributed by atoms with van der Waals surface area (Å²) in [5.41, 5.74) is 2.58. The van der Waals surface area contributed by atoms with Crippen LogP contribution in [0.1, 0.15) is 23.0 Å². The molecule has 0 saturated heterocycles. The highest BCUT2D eigenvalue weighted by Crippen LogP contribution is 2.32. The molecule has 0 bridgehead atoms. The van der Waals surface area contributed by atoms with Crippen LogP contribution in [-0.2, 0) is 9.57 Å². The molecule has 3 rings (SSSR count). The third kappa shape index (κ3) is 2.25. The first-order chi connectivity index (χ1) is 9.24. The van der Waals surface area contributed by atoms with Gasteiger partial charge in [0.15, 0.2) is 0 Å². The Morgan fingerprint density at radius 2 is 1.79 bits per heavy atom. The van der Waals surface area contributed by atoms with Crippen LogP contribution >= 0.6 is 0 Å². The second kappa shape index (κ2) is 4.65. The summed E-state index contributed by atoms with van der Waals surface area (Å²) < 4.78 is 5.62. The fourth-order valence-electron chi connectivity index (χ4n) is 1.86. The molecule has 1 aliphatic heterocycles. The van der Waals surface area contributed by atoms with Gasteiger partial charge < -0.3 is 14.7 Å². The number of phenols is 1. The van der Waals surface area contributed by atoms with Gasteiger partial charge in [-0.15, -0.1) is 0 Å². The van der Waals surface area contributed by atoms with Gasteiger partial charge >= 0.3 is 0 Å². The van der Waals surface area contributed by atoms with Gasteiger partial charge in [-0.2, -0.15) is 0 Å². The van der Waals surface area contributed by atoms with E-state index < -0.39 is 6.29 Å². The van der Waals surface area contributed by atoms with E-state index in [0.717, 1.165) is 5.56 Å². The van der Waals surface area contributed by atoms with Gasteiger partial charge in [0, 0.05) is 5.56 Å². The molecule has 1 aliphatic rings. The van der Waals surface area contributed by atoms with E-state index >= 15 is 0 Å². The Kier molecular flexibility index (Phi) is 2.83. The van der Waals surface area contributed by atoms with Crippen molar-refractivity contribution in [2.45, 2.75) is 13.2 Å². The number of nitrogens with zero attached hydrogens (tertiary/aromatic N) is 1.